The number of nitrogens with zero attached hydrogens (tertiary/aromatic N) is 1. The van der Waals surface area contributed by atoms with Crippen molar-refractivity contribution in [3.05, 3.63) is 28.8 Å². The number of aliphatic hydroxyl groups is 1. The molecule has 1 aromatic carbocycles. The highest BCUT2D eigenvalue weighted by molar-refractivity contribution is 6.32. The quantitative estimate of drug-likeness (QED) is 0.832. The standard InChI is InChI=1S/C17H23ClN2O2/c1-17(2)10-20(14-5-3-4-13(18)15(14)17)16(22)19-11-6-8-12(21)9-7-11/h3-5,11-12,21H,6-10H2,1-2H3,(H,19,22). The first-order valence-electron chi connectivity index (χ1n) is 7.93. The zero-order valence-electron chi connectivity index (χ0n) is 13.1. The lowest BCUT2D eigenvalue weighted by molar-refractivity contribution is 0.118. The van der Waals surface area contributed by atoms with Crippen LogP contribution in [-0.2, 0) is 5.41 Å². The van der Waals surface area contributed by atoms with Crippen molar-refractivity contribution >= 4 is 23.3 Å². The molecule has 4 nitrogen and oxygen atoms in total. The maximum atomic E-state index is 12.7. The Morgan fingerprint density at radius 1 is 1.32 bits per heavy atom. The van der Waals surface area contributed by atoms with Crippen molar-refractivity contribution in [2.75, 3.05) is 11.4 Å². The van der Waals surface area contributed by atoms with Gasteiger partial charge in [0.15, 0.2) is 0 Å². The van der Waals surface area contributed by atoms with Gasteiger partial charge in [0, 0.05) is 28.6 Å². The van der Waals surface area contributed by atoms with Crippen molar-refractivity contribution in [1.82, 2.24) is 5.32 Å². The molecule has 120 valence electrons. The maximum absolute atomic E-state index is 12.7. The summed E-state index contributed by atoms with van der Waals surface area (Å²) in [6.45, 7) is 4.86. The summed E-state index contributed by atoms with van der Waals surface area (Å²) in [6, 6.07) is 5.82. The molecule has 0 bridgehead atoms. The Morgan fingerprint density at radius 3 is 2.68 bits per heavy atom. The molecule has 1 heterocycles. The molecular formula is C17H23ClN2O2. The van der Waals surface area contributed by atoms with Gasteiger partial charge in [-0.05, 0) is 37.8 Å². The lowest BCUT2D eigenvalue weighted by atomic mass is 9.87. The molecule has 2 N–H and O–H groups in total. The van der Waals surface area contributed by atoms with Gasteiger partial charge in [-0.15, -0.1) is 0 Å². The van der Waals surface area contributed by atoms with Gasteiger partial charge in [-0.2, -0.15) is 0 Å². The number of amides is 2. The predicted molar refractivity (Wildman–Crippen MR) is 88.6 cm³/mol. The van der Waals surface area contributed by atoms with Gasteiger partial charge >= 0.3 is 6.03 Å². The first-order chi connectivity index (χ1) is 10.4. The normalized spacial score (nSPS) is 26.6. The highest BCUT2D eigenvalue weighted by Crippen LogP contribution is 2.44. The van der Waals surface area contributed by atoms with E-state index in [4.69, 9.17) is 11.6 Å². The fourth-order valence-electron chi connectivity index (χ4n) is 3.62. The molecule has 0 saturated heterocycles. The van der Waals surface area contributed by atoms with E-state index in [2.05, 4.69) is 19.2 Å². The number of aliphatic hydroxyl groups excluding tert-OH is 1. The number of benzene rings is 1. The predicted octanol–water partition coefficient (Wildman–Crippen LogP) is 3.45. The number of urea groups is 1. The van der Waals surface area contributed by atoms with Crippen LogP contribution in [0.5, 0.6) is 0 Å². The van der Waals surface area contributed by atoms with Crippen molar-refractivity contribution in [3.8, 4) is 0 Å². The molecule has 1 fully saturated rings. The lowest BCUT2D eigenvalue weighted by Gasteiger charge is -2.29. The van der Waals surface area contributed by atoms with Crippen LogP contribution in [-0.4, -0.2) is 29.8 Å². The third kappa shape index (κ3) is 2.82. The van der Waals surface area contributed by atoms with Crippen LogP contribution < -0.4 is 10.2 Å². The van der Waals surface area contributed by atoms with Crippen LogP contribution in [0, 0.1) is 0 Å². The second-order valence-corrected chi connectivity index (χ2v) is 7.47. The van der Waals surface area contributed by atoms with Gasteiger partial charge in [0.25, 0.3) is 0 Å². The van der Waals surface area contributed by atoms with Gasteiger partial charge in [0.1, 0.15) is 0 Å². The molecule has 1 aromatic rings. The molecule has 22 heavy (non-hydrogen) atoms. The summed E-state index contributed by atoms with van der Waals surface area (Å²) in [4.78, 5) is 14.5. The summed E-state index contributed by atoms with van der Waals surface area (Å²) in [6.07, 6.45) is 3.00. The second kappa shape index (κ2) is 5.74. The van der Waals surface area contributed by atoms with Crippen molar-refractivity contribution in [3.63, 3.8) is 0 Å². The molecule has 0 unspecified atom stereocenters. The smallest absolute Gasteiger partial charge is 0.322 e. The topological polar surface area (TPSA) is 52.6 Å². The Bertz CT molecular complexity index is 580. The summed E-state index contributed by atoms with van der Waals surface area (Å²) in [7, 11) is 0. The van der Waals surface area contributed by atoms with Crippen LogP contribution in [0.4, 0.5) is 10.5 Å². The van der Waals surface area contributed by atoms with E-state index in [9.17, 15) is 9.90 Å². The summed E-state index contributed by atoms with van der Waals surface area (Å²) < 4.78 is 0. The lowest BCUT2D eigenvalue weighted by Crippen LogP contribution is -2.47. The fourth-order valence-corrected chi connectivity index (χ4v) is 4.05. The summed E-state index contributed by atoms with van der Waals surface area (Å²) in [5.41, 5.74) is 1.81. The molecule has 1 saturated carbocycles. The van der Waals surface area contributed by atoms with Crippen molar-refractivity contribution < 1.29 is 9.90 Å². The zero-order valence-corrected chi connectivity index (χ0v) is 13.9. The van der Waals surface area contributed by atoms with Crippen molar-refractivity contribution in [2.24, 2.45) is 0 Å². The van der Waals surface area contributed by atoms with Crippen LogP contribution in [0.25, 0.3) is 0 Å². The highest BCUT2D eigenvalue weighted by Gasteiger charge is 2.40. The van der Waals surface area contributed by atoms with Crippen LogP contribution in [0.1, 0.15) is 45.1 Å². The molecule has 0 radical (unpaired) electrons. The van der Waals surface area contributed by atoms with E-state index in [0.29, 0.717) is 6.54 Å². The van der Waals surface area contributed by atoms with Gasteiger partial charge < -0.3 is 10.4 Å². The van der Waals surface area contributed by atoms with E-state index in [1.54, 1.807) is 4.90 Å². The molecule has 3 rings (SSSR count). The number of rotatable bonds is 1. The van der Waals surface area contributed by atoms with Crippen molar-refractivity contribution in [1.29, 1.82) is 0 Å². The molecular weight excluding hydrogens is 300 g/mol. The maximum Gasteiger partial charge on any atom is 0.322 e. The Morgan fingerprint density at radius 2 is 2.00 bits per heavy atom. The van der Waals surface area contributed by atoms with Gasteiger partial charge in [0.05, 0.1) is 11.8 Å². The molecule has 1 aliphatic carbocycles. The summed E-state index contributed by atoms with van der Waals surface area (Å²) in [5.74, 6) is 0. The Hall–Kier alpha value is -1.26. The number of nitrogens with one attached hydrogen (secondary N) is 1. The van der Waals surface area contributed by atoms with E-state index in [1.165, 1.54) is 0 Å². The van der Waals surface area contributed by atoms with Crippen LogP contribution in [0.15, 0.2) is 18.2 Å². The minimum Gasteiger partial charge on any atom is -0.393 e. The minimum atomic E-state index is -0.210. The Balaban J connectivity index is 1.76. The second-order valence-electron chi connectivity index (χ2n) is 7.06. The average Bonchev–Trinajstić information content (AvgIpc) is 2.74. The number of hydrogen-bond donors (Lipinski definition) is 2. The number of halogens is 1. The van der Waals surface area contributed by atoms with E-state index in [0.717, 1.165) is 42.0 Å². The monoisotopic (exact) mass is 322 g/mol. The van der Waals surface area contributed by atoms with Gasteiger partial charge in [-0.25, -0.2) is 4.79 Å². The first-order valence-corrected chi connectivity index (χ1v) is 8.31. The zero-order chi connectivity index (χ0) is 15.9. The third-order valence-electron chi connectivity index (χ3n) is 4.78. The third-order valence-corrected chi connectivity index (χ3v) is 5.10. The Labute approximate surface area is 136 Å². The molecule has 1 aliphatic heterocycles. The van der Waals surface area contributed by atoms with Crippen LogP contribution >= 0.6 is 11.6 Å². The summed E-state index contributed by atoms with van der Waals surface area (Å²) in [5, 5.41) is 13.4. The number of hydrogen-bond acceptors (Lipinski definition) is 2. The number of carbonyl (C=O) groups is 1. The van der Waals surface area contributed by atoms with Gasteiger partial charge in [0.2, 0.25) is 0 Å². The SMILES string of the molecule is CC1(C)CN(C(=O)NC2CCC(O)CC2)c2cccc(Cl)c21. The van der Waals surface area contributed by atoms with Crippen LogP contribution in [0.2, 0.25) is 5.02 Å². The van der Waals surface area contributed by atoms with Crippen molar-refractivity contribution in [2.45, 2.75) is 57.1 Å². The Kier molecular flexibility index (Phi) is 4.08. The van der Waals surface area contributed by atoms with Gasteiger partial charge in [-0.3, -0.25) is 4.90 Å². The molecule has 0 atom stereocenters. The van der Waals surface area contributed by atoms with E-state index in [-0.39, 0.29) is 23.6 Å². The number of anilines is 1. The molecule has 0 aromatic heterocycles. The van der Waals surface area contributed by atoms with Gasteiger partial charge in [-0.1, -0.05) is 31.5 Å². The van der Waals surface area contributed by atoms with Crippen LogP contribution in [0.3, 0.4) is 0 Å². The van der Waals surface area contributed by atoms with E-state index in [1.807, 2.05) is 18.2 Å². The number of fused-ring (bicyclic) bond motifs is 1. The number of carbonyl (C=O) groups excluding carboxylic acids is 1. The largest absolute Gasteiger partial charge is 0.393 e. The van der Waals surface area contributed by atoms with E-state index >= 15 is 0 Å². The molecule has 5 heteroatoms. The molecule has 0 spiro atoms. The molecule has 2 aliphatic rings. The fraction of sp³-hybridized carbons (Fsp3) is 0.588. The minimum absolute atomic E-state index is 0.0597. The van der Waals surface area contributed by atoms with E-state index < -0.39 is 0 Å². The highest BCUT2D eigenvalue weighted by atomic mass is 35.5. The first kappa shape index (κ1) is 15.6. The summed E-state index contributed by atoms with van der Waals surface area (Å²) >= 11 is 6.35. The molecule has 2 amide bonds. The average molecular weight is 323 g/mol.